The zero-order valence-electron chi connectivity index (χ0n) is 10.8. The molecular formula is C16H17NO2. The topological polar surface area (TPSA) is 49.3 Å². The van der Waals surface area contributed by atoms with Gasteiger partial charge < -0.3 is 10.4 Å². The third kappa shape index (κ3) is 3.66. The maximum absolute atomic E-state index is 11.8. The molecule has 0 heterocycles. The Bertz CT molecular complexity index is 552. The van der Waals surface area contributed by atoms with Crippen LogP contribution < -0.4 is 5.32 Å². The highest BCUT2D eigenvalue weighted by Gasteiger charge is 2.14. The summed E-state index contributed by atoms with van der Waals surface area (Å²) in [6.45, 7) is 1.92. The lowest BCUT2D eigenvalue weighted by Crippen LogP contribution is -2.15. The van der Waals surface area contributed by atoms with Crippen molar-refractivity contribution in [2.45, 2.75) is 19.4 Å². The molecule has 1 amide bonds. The molecule has 0 radical (unpaired) electrons. The molecule has 0 aliphatic heterocycles. The molecular weight excluding hydrogens is 238 g/mol. The van der Waals surface area contributed by atoms with E-state index >= 15 is 0 Å². The van der Waals surface area contributed by atoms with Crippen LogP contribution in [0.5, 0.6) is 0 Å². The molecule has 2 N–H and O–H groups in total. The first-order valence-corrected chi connectivity index (χ1v) is 6.25. The van der Waals surface area contributed by atoms with Crippen molar-refractivity contribution < 1.29 is 9.90 Å². The fourth-order valence-corrected chi connectivity index (χ4v) is 1.98. The summed E-state index contributed by atoms with van der Waals surface area (Å²) in [4.78, 5) is 11.8. The third-order valence-corrected chi connectivity index (χ3v) is 2.98. The second kappa shape index (κ2) is 6.16. The van der Waals surface area contributed by atoms with Crippen molar-refractivity contribution in [3.05, 3.63) is 65.7 Å². The minimum absolute atomic E-state index is 0.0553. The fraction of sp³-hybridized carbons (Fsp3) is 0.188. The number of aliphatic hydroxyl groups is 1. The SMILES string of the molecule is Cc1ccccc1C(O)CC(=O)Nc1ccccc1. The molecule has 2 rings (SSSR count). The van der Waals surface area contributed by atoms with Crippen LogP contribution in [0.15, 0.2) is 54.6 Å². The second-order valence-electron chi connectivity index (χ2n) is 4.49. The van der Waals surface area contributed by atoms with Crippen molar-refractivity contribution in [1.29, 1.82) is 0 Å². The van der Waals surface area contributed by atoms with Gasteiger partial charge in [-0.3, -0.25) is 4.79 Å². The van der Waals surface area contributed by atoms with Crippen molar-refractivity contribution in [3.8, 4) is 0 Å². The van der Waals surface area contributed by atoms with Crippen LogP contribution in [0.1, 0.15) is 23.7 Å². The van der Waals surface area contributed by atoms with E-state index in [0.29, 0.717) is 0 Å². The number of nitrogens with one attached hydrogen (secondary N) is 1. The van der Waals surface area contributed by atoms with Crippen molar-refractivity contribution in [2.24, 2.45) is 0 Å². The van der Waals surface area contributed by atoms with Gasteiger partial charge in [0.25, 0.3) is 0 Å². The minimum Gasteiger partial charge on any atom is -0.388 e. The monoisotopic (exact) mass is 255 g/mol. The summed E-state index contributed by atoms with van der Waals surface area (Å²) >= 11 is 0. The Balaban J connectivity index is 1.98. The maximum atomic E-state index is 11.8. The van der Waals surface area contributed by atoms with E-state index in [0.717, 1.165) is 16.8 Å². The number of aliphatic hydroxyl groups excluding tert-OH is 1. The highest BCUT2D eigenvalue weighted by Crippen LogP contribution is 2.20. The summed E-state index contributed by atoms with van der Waals surface area (Å²) in [5.41, 5.74) is 2.53. The highest BCUT2D eigenvalue weighted by atomic mass is 16.3. The van der Waals surface area contributed by atoms with Crippen molar-refractivity contribution in [3.63, 3.8) is 0 Å². The molecule has 3 heteroatoms. The molecule has 98 valence electrons. The summed E-state index contributed by atoms with van der Waals surface area (Å²) in [6.07, 6.45) is -0.718. The highest BCUT2D eigenvalue weighted by molar-refractivity contribution is 5.91. The van der Waals surface area contributed by atoms with Gasteiger partial charge >= 0.3 is 0 Å². The van der Waals surface area contributed by atoms with E-state index < -0.39 is 6.10 Å². The molecule has 0 aromatic heterocycles. The predicted molar refractivity (Wildman–Crippen MR) is 75.8 cm³/mol. The smallest absolute Gasteiger partial charge is 0.227 e. The molecule has 2 aromatic rings. The Morgan fingerprint density at radius 2 is 1.74 bits per heavy atom. The number of rotatable bonds is 4. The van der Waals surface area contributed by atoms with Gasteiger partial charge in [-0.05, 0) is 30.2 Å². The molecule has 1 atom stereocenters. The molecule has 0 saturated carbocycles. The summed E-state index contributed by atoms with van der Waals surface area (Å²) in [7, 11) is 0. The van der Waals surface area contributed by atoms with Crippen LogP contribution in [-0.4, -0.2) is 11.0 Å². The molecule has 2 aromatic carbocycles. The second-order valence-corrected chi connectivity index (χ2v) is 4.49. The lowest BCUT2D eigenvalue weighted by molar-refractivity contribution is -0.118. The summed E-state index contributed by atoms with van der Waals surface area (Å²) in [6, 6.07) is 16.8. The predicted octanol–water partition coefficient (Wildman–Crippen LogP) is 3.06. The van der Waals surface area contributed by atoms with Gasteiger partial charge in [0.2, 0.25) is 5.91 Å². The number of carbonyl (C=O) groups excluding carboxylic acids is 1. The number of hydrogen-bond donors (Lipinski definition) is 2. The van der Waals surface area contributed by atoms with Crippen LogP contribution in [0.2, 0.25) is 0 Å². The Hall–Kier alpha value is -2.13. The number of anilines is 1. The normalized spacial score (nSPS) is 11.9. The van der Waals surface area contributed by atoms with Crippen LogP contribution >= 0.6 is 0 Å². The molecule has 0 fully saturated rings. The van der Waals surface area contributed by atoms with Crippen LogP contribution in [0.4, 0.5) is 5.69 Å². The van der Waals surface area contributed by atoms with Crippen molar-refractivity contribution in [1.82, 2.24) is 0 Å². The van der Waals surface area contributed by atoms with Gasteiger partial charge in [-0.15, -0.1) is 0 Å². The van der Waals surface area contributed by atoms with E-state index in [1.807, 2.05) is 61.5 Å². The van der Waals surface area contributed by atoms with Crippen molar-refractivity contribution >= 4 is 11.6 Å². The van der Waals surface area contributed by atoms with Crippen LogP contribution in [0, 0.1) is 6.92 Å². The van der Waals surface area contributed by atoms with Gasteiger partial charge in [0.15, 0.2) is 0 Å². The van der Waals surface area contributed by atoms with Gasteiger partial charge in [-0.1, -0.05) is 42.5 Å². The largest absolute Gasteiger partial charge is 0.388 e. The van der Waals surface area contributed by atoms with Crippen LogP contribution in [-0.2, 0) is 4.79 Å². The zero-order valence-corrected chi connectivity index (χ0v) is 10.8. The van der Waals surface area contributed by atoms with E-state index in [4.69, 9.17) is 0 Å². The number of aryl methyl sites for hydroxylation is 1. The van der Waals surface area contributed by atoms with Crippen molar-refractivity contribution in [2.75, 3.05) is 5.32 Å². The lowest BCUT2D eigenvalue weighted by Gasteiger charge is -2.13. The quantitative estimate of drug-likeness (QED) is 0.882. The van der Waals surface area contributed by atoms with E-state index in [-0.39, 0.29) is 12.3 Å². The number of benzene rings is 2. The van der Waals surface area contributed by atoms with E-state index in [9.17, 15) is 9.90 Å². The van der Waals surface area contributed by atoms with Gasteiger partial charge in [0.1, 0.15) is 0 Å². The summed E-state index contributed by atoms with van der Waals surface area (Å²) < 4.78 is 0. The van der Waals surface area contributed by atoms with E-state index in [2.05, 4.69) is 5.32 Å². The Kier molecular flexibility index (Phi) is 4.31. The molecule has 0 aliphatic carbocycles. The van der Waals surface area contributed by atoms with E-state index in [1.165, 1.54) is 0 Å². The number of hydrogen-bond acceptors (Lipinski definition) is 2. The van der Waals surface area contributed by atoms with E-state index in [1.54, 1.807) is 0 Å². The molecule has 19 heavy (non-hydrogen) atoms. The average Bonchev–Trinajstić information content (AvgIpc) is 2.40. The molecule has 1 unspecified atom stereocenters. The first-order chi connectivity index (χ1) is 9.16. The molecule has 3 nitrogen and oxygen atoms in total. The molecule has 0 bridgehead atoms. The summed E-state index contributed by atoms with van der Waals surface area (Å²) in [5, 5.41) is 12.9. The average molecular weight is 255 g/mol. The lowest BCUT2D eigenvalue weighted by atomic mass is 10.0. The standard InChI is InChI=1S/C16H17NO2/c1-12-7-5-6-10-14(12)15(18)11-16(19)17-13-8-3-2-4-9-13/h2-10,15,18H,11H2,1H3,(H,17,19). The molecule has 0 aliphatic rings. The third-order valence-electron chi connectivity index (χ3n) is 2.98. The number of para-hydroxylation sites is 1. The number of amides is 1. The fourth-order valence-electron chi connectivity index (χ4n) is 1.98. The van der Waals surface area contributed by atoms with Gasteiger partial charge in [-0.25, -0.2) is 0 Å². The Labute approximate surface area is 112 Å². The minimum atomic E-state index is -0.773. The molecule has 0 spiro atoms. The Morgan fingerprint density at radius 3 is 2.42 bits per heavy atom. The van der Waals surface area contributed by atoms with Gasteiger partial charge in [0.05, 0.1) is 12.5 Å². The molecule has 0 saturated heterocycles. The Morgan fingerprint density at radius 1 is 1.11 bits per heavy atom. The first kappa shape index (κ1) is 13.3. The first-order valence-electron chi connectivity index (χ1n) is 6.25. The van der Waals surface area contributed by atoms with Gasteiger partial charge in [0, 0.05) is 5.69 Å². The maximum Gasteiger partial charge on any atom is 0.227 e. The van der Waals surface area contributed by atoms with Crippen LogP contribution in [0.25, 0.3) is 0 Å². The van der Waals surface area contributed by atoms with Gasteiger partial charge in [-0.2, -0.15) is 0 Å². The summed E-state index contributed by atoms with van der Waals surface area (Å²) in [5.74, 6) is -0.193. The zero-order chi connectivity index (χ0) is 13.7. The van der Waals surface area contributed by atoms with Crippen LogP contribution in [0.3, 0.4) is 0 Å². The number of carbonyl (C=O) groups is 1.